The largest absolute Gasteiger partial charge is 0.494 e. The highest BCUT2D eigenvalue weighted by Gasteiger charge is 2.13. The van der Waals surface area contributed by atoms with Crippen molar-refractivity contribution in [3.05, 3.63) is 30.5 Å². The van der Waals surface area contributed by atoms with Crippen LogP contribution in [-0.4, -0.2) is 7.11 Å². The van der Waals surface area contributed by atoms with Crippen LogP contribution in [0.1, 0.15) is 0 Å². The van der Waals surface area contributed by atoms with E-state index in [4.69, 9.17) is 21.9 Å². The van der Waals surface area contributed by atoms with Crippen LogP contribution in [0.5, 0.6) is 5.75 Å². The average molecular weight is 341 g/mol. The van der Waals surface area contributed by atoms with E-state index < -0.39 is 0 Å². The number of halogens is 3. The van der Waals surface area contributed by atoms with Gasteiger partial charge in [0.05, 0.1) is 26.8 Å². The second-order valence-electron chi connectivity index (χ2n) is 2.23. The first kappa shape index (κ1) is 11.7. The van der Waals surface area contributed by atoms with Crippen LogP contribution in [0, 0.1) is 0 Å². The summed E-state index contributed by atoms with van der Waals surface area (Å²) < 4.78 is 6.30. The molecule has 0 heterocycles. The Morgan fingerprint density at radius 3 is 2.71 bits per heavy atom. The highest BCUT2D eigenvalue weighted by molar-refractivity contribution is 9.11. The van der Waals surface area contributed by atoms with Gasteiger partial charge in [0.2, 0.25) is 0 Å². The van der Waals surface area contributed by atoms with Crippen molar-refractivity contribution in [2.75, 3.05) is 7.11 Å². The van der Waals surface area contributed by atoms with Gasteiger partial charge in [0, 0.05) is 4.91 Å². The molecular weight excluding hydrogens is 337 g/mol. The van der Waals surface area contributed by atoms with Crippen LogP contribution in [0.15, 0.2) is 20.1 Å². The van der Waals surface area contributed by atoms with E-state index in [-0.39, 0.29) is 0 Å². The predicted molar refractivity (Wildman–Crippen MR) is 62.2 cm³/mol. The number of methoxy groups -OCH3 is 1. The molecule has 0 N–H and O–H groups in total. The van der Waals surface area contributed by atoms with Gasteiger partial charge in [-0.25, -0.2) is 0 Å². The number of nitrogens with zero attached hydrogens (tertiary/aromatic N) is 3. The topological polar surface area (TPSA) is 58.0 Å². The van der Waals surface area contributed by atoms with Gasteiger partial charge in [0.25, 0.3) is 0 Å². The first-order chi connectivity index (χ1) is 6.61. The maximum Gasteiger partial charge on any atom is 0.147 e. The van der Waals surface area contributed by atoms with Gasteiger partial charge < -0.3 is 4.74 Å². The molecule has 0 saturated heterocycles. The van der Waals surface area contributed by atoms with Gasteiger partial charge in [-0.05, 0) is 43.5 Å². The summed E-state index contributed by atoms with van der Waals surface area (Å²) >= 11 is 12.4. The lowest BCUT2D eigenvalue weighted by atomic mass is 10.3. The zero-order valence-electron chi connectivity index (χ0n) is 6.96. The van der Waals surface area contributed by atoms with Crippen molar-refractivity contribution in [1.29, 1.82) is 0 Å². The van der Waals surface area contributed by atoms with E-state index in [2.05, 4.69) is 41.9 Å². The van der Waals surface area contributed by atoms with Crippen LogP contribution in [0.3, 0.4) is 0 Å². The number of azide groups is 1. The van der Waals surface area contributed by atoms with Gasteiger partial charge in [0.15, 0.2) is 0 Å². The Labute approximate surface area is 102 Å². The average Bonchev–Trinajstić information content (AvgIpc) is 2.12. The monoisotopic (exact) mass is 339 g/mol. The number of hydrogen-bond donors (Lipinski definition) is 0. The van der Waals surface area contributed by atoms with Crippen molar-refractivity contribution >= 4 is 49.1 Å². The summed E-state index contributed by atoms with van der Waals surface area (Å²) in [7, 11) is 1.51. The molecule has 0 aromatic heterocycles. The molecule has 0 aliphatic rings. The molecule has 0 fully saturated rings. The molecule has 4 nitrogen and oxygen atoms in total. The molecule has 14 heavy (non-hydrogen) atoms. The quantitative estimate of drug-likeness (QED) is 0.432. The molecule has 0 saturated carbocycles. The van der Waals surface area contributed by atoms with Gasteiger partial charge in [-0.3, -0.25) is 0 Å². The molecule has 74 valence electrons. The Balaban J connectivity index is 3.51. The Morgan fingerprint density at radius 2 is 2.21 bits per heavy atom. The van der Waals surface area contributed by atoms with Gasteiger partial charge in [-0.2, -0.15) is 0 Å². The van der Waals surface area contributed by atoms with Crippen LogP contribution in [0.25, 0.3) is 10.4 Å². The van der Waals surface area contributed by atoms with Crippen LogP contribution >= 0.6 is 43.5 Å². The third-order valence-electron chi connectivity index (χ3n) is 1.45. The molecule has 1 aromatic rings. The SMILES string of the molecule is COc1c(Br)cc(Cl)c(N=[N+]=[N-])c1Br. The molecule has 0 atom stereocenters. The fraction of sp³-hybridized carbons (Fsp3) is 0.143. The zero-order valence-corrected chi connectivity index (χ0v) is 10.9. The molecular formula is C7H4Br2ClN3O. The fourth-order valence-corrected chi connectivity index (χ4v) is 2.90. The maximum atomic E-state index is 8.33. The molecule has 0 spiro atoms. The predicted octanol–water partition coefficient (Wildman–Crippen LogP) is 4.82. The summed E-state index contributed by atoms with van der Waals surface area (Å²) in [5.74, 6) is 0.539. The Hall–Kier alpha value is -0.420. The van der Waals surface area contributed by atoms with Crippen LogP contribution in [0.4, 0.5) is 5.69 Å². The van der Waals surface area contributed by atoms with Gasteiger partial charge in [-0.15, -0.1) is 0 Å². The summed E-state index contributed by atoms with van der Waals surface area (Å²) in [6.07, 6.45) is 0. The second kappa shape index (κ2) is 4.89. The molecule has 1 rings (SSSR count). The van der Waals surface area contributed by atoms with E-state index in [1.165, 1.54) is 7.11 Å². The minimum absolute atomic E-state index is 0.314. The van der Waals surface area contributed by atoms with Crippen LogP contribution in [0.2, 0.25) is 5.02 Å². The molecule has 0 amide bonds. The smallest absolute Gasteiger partial charge is 0.147 e. The van der Waals surface area contributed by atoms with E-state index in [0.717, 1.165) is 0 Å². The number of hydrogen-bond acceptors (Lipinski definition) is 2. The Bertz CT molecular complexity index is 418. The number of benzene rings is 1. The Morgan fingerprint density at radius 1 is 1.57 bits per heavy atom. The first-order valence-corrected chi connectivity index (χ1v) is 5.34. The van der Waals surface area contributed by atoms with Crippen LogP contribution in [-0.2, 0) is 0 Å². The summed E-state index contributed by atoms with van der Waals surface area (Å²) in [4.78, 5) is 2.67. The summed E-state index contributed by atoms with van der Waals surface area (Å²) in [6.45, 7) is 0. The van der Waals surface area contributed by atoms with E-state index in [9.17, 15) is 0 Å². The van der Waals surface area contributed by atoms with E-state index in [0.29, 0.717) is 25.4 Å². The maximum absolute atomic E-state index is 8.33. The standard InChI is InChI=1S/C7H4Br2ClN3O/c1-14-7-3(8)2-4(10)6(5(7)9)12-13-11/h2H,1H3. The lowest BCUT2D eigenvalue weighted by molar-refractivity contribution is 0.409. The van der Waals surface area contributed by atoms with Crippen LogP contribution < -0.4 is 4.74 Å². The normalized spacial score (nSPS) is 9.43. The minimum Gasteiger partial charge on any atom is -0.494 e. The zero-order chi connectivity index (χ0) is 10.7. The molecule has 7 heteroatoms. The highest BCUT2D eigenvalue weighted by Crippen LogP contribution is 2.44. The van der Waals surface area contributed by atoms with Gasteiger partial charge in [-0.1, -0.05) is 16.7 Å². The molecule has 0 aliphatic carbocycles. The molecule has 0 radical (unpaired) electrons. The number of ether oxygens (including phenoxy) is 1. The van der Waals surface area contributed by atoms with E-state index in [1.54, 1.807) is 6.07 Å². The van der Waals surface area contributed by atoms with Crippen molar-refractivity contribution in [3.63, 3.8) is 0 Å². The third-order valence-corrected chi connectivity index (χ3v) is 3.07. The van der Waals surface area contributed by atoms with Gasteiger partial charge >= 0.3 is 0 Å². The molecule has 0 unspecified atom stereocenters. The van der Waals surface area contributed by atoms with Crippen molar-refractivity contribution in [1.82, 2.24) is 0 Å². The minimum atomic E-state index is 0.314. The van der Waals surface area contributed by atoms with Gasteiger partial charge in [0.1, 0.15) is 5.75 Å². The Kier molecular flexibility index (Phi) is 4.07. The lowest BCUT2D eigenvalue weighted by Gasteiger charge is -2.09. The van der Waals surface area contributed by atoms with E-state index >= 15 is 0 Å². The second-order valence-corrected chi connectivity index (χ2v) is 4.28. The molecule has 0 bridgehead atoms. The van der Waals surface area contributed by atoms with Crippen molar-refractivity contribution in [2.24, 2.45) is 5.11 Å². The highest BCUT2D eigenvalue weighted by atomic mass is 79.9. The third kappa shape index (κ3) is 2.15. The molecule has 1 aromatic carbocycles. The van der Waals surface area contributed by atoms with Crippen molar-refractivity contribution in [2.45, 2.75) is 0 Å². The fourth-order valence-electron chi connectivity index (χ4n) is 0.886. The first-order valence-electron chi connectivity index (χ1n) is 3.38. The number of rotatable bonds is 2. The lowest BCUT2D eigenvalue weighted by Crippen LogP contribution is -1.86. The summed E-state index contributed by atoms with van der Waals surface area (Å²) in [6, 6.07) is 1.61. The molecule has 0 aliphatic heterocycles. The van der Waals surface area contributed by atoms with Crippen molar-refractivity contribution < 1.29 is 4.74 Å². The summed E-state index contributed by atoms with van der Waals surface area (Å²) in [5.41, 5.74) is 8.64. The summed E-state index contributed by atoms with van der Waals surface area (Å²) in [5, 5.41) is 3.81. The van der Waals surface area contributed by atoms with Crippen molar-refractivity contribution in [3.8, 4) is 5.75 Å². The van der Waals surface area contributed by atoms with E-state index in [1.807, 2.05) is 0 Å².